The highest BCUT2D eigenvalue weighted by molar-refractivity contribution is 5.24. The van der Waals surface area contributed by atoms with Crippen LogP contribution in [0.4, 0.5) is 31.1 Å². The molecule has 2 fully saturated rings. The van der Waals surface area contributed by atoms with E-state index in [1.165, 1.54) is 0 Å². The Labute approximate surface area is 163 Å². The molecule has 0 nitrogen and oxygen atoms in total. The van der Waals surface area contributed by atoms with Crippen LogP contribution in [-0.4, -0.2) is 0 Å². The fraction of sp³-hybridized carbons (Fsp3) is 0.619. The highest BCUT2D eigenvalue weighted by atomic mass is 20.0. The van der Waals surface area contributed by atoms with Gasteiger partial charge < -0.3 is 0 Å². The van der Waals surface area contributed by atoms with Crippen LogP contribution in [0.1, 0.15) is 72.6 Å². The number of hydrogen-bond acceptors (Lipinski definition) is 0. The maximum Gasteiger partial charge on any atom is 0.270 e. The summed E-state index contributed by atoms with van der Waals surface area (Å²) >= 11 is 0. The van der Waals surface area contributed by atoms with Gasteiger partial charge in [-0.05, 0) is 79.9 Å². The summed E-state index contributed by atoms with van der Waals surface area (Å²) in [6.45, 7) is 2.16. The van der Waals surface area contributed by atoms with Gasteiger partial charge >= 0.3 is 0 Å². The van der Waals surface area contributed by atoms with Gasteiger partial charge in [0.1, 0.15) is 0 Å². The first-order valence-corrected chi connectivity index (χ1v) is 9.70. The molecule has 28 heavy (non-hydrogen) atoms. The molecule has 0 aromatic heterocycles. The smallest absolute Gasteiger partial charge is 0.204 e. The van der Waals surface area contributed by atoms with E-state index in [2.05, 4.69) is 6.92 Å². The monoisotopic (exact) mass is 414 g/mol. The third-order valence-corrected chi connectivity index (χ3v) is 6.32. The van der Waals surface area contributed by atoms with Crippen molar-refractivity contribution in [3.05, 3.63) is 46.8 Å². The van der Waals surface area contributed by atoms with Crippen molar-refractivity contribution >= 4 is 0 Å². The van der Waals surface area contributed by atoms with Crippen molar-refractivity contribution in [1.82, 2.24) is 0 Å². The Hall–Kier alpha value is -1.53. The molecule has 0 heterocycles. The number of hydrogen-bond donors (Lipinski definition) is 0. The van der Waals surface area contributed by atoms with Gasteiger partial charge in [-0.1, -0.05) is 19.8 Å². The summed E-state index contributed by atoms with van der Waals surface area (Å²) in [5.41, 5.74) is 0.754. The first kappa shape index (κ1) is 22.8. The third kappa shape index (κ3) is 5.29. The van der Waals surface area contributed by atoms with Crippen LogP contribution in [-0.2, 0) is 0 Å². The van der Waals surface area contributed by atoms with Gasteiger partial charge in [-0.25, -0.2) is 13.2 Å². The van der Waals surface area contributed by atoms with E-state index in [9.17, 15) is 22.0 Å². The van der Waals surface area contributed by atoms with Crippen LogP contribution in [0.25, 0.3) is 0 Å². The second kappa shape index (κ2) is 10.3. The SMILES string of the molecule is CC1CCC(C(=C(F)F)C2CCC(c3cc(F)c(F)c(F)c3)CC2)CC1.FF.[HH].[HH]. The van der Waals surface area contributed by atoms with E-state index >= 15 is 0 Å². The molecule has 0 atom stereocenters. The Morgan fingerprint density at radius 3 is 1.64 bits per heavy atom. The largest absolute Gasteiger partial charge is 0.270 e. The number of rotatable bonds is 3. The standard InChI is InChI=1S/C21H25F5.F2.2H2/c1-12-2-4-14(5-3-12)19(21(25)26)15-8-6-13(7-9-15)16-10-17(22)20(24)18(23)11-16;1-2;;/h10-15H,2-9H2,1H3;;2*1H. The molecule has 0 amide bonds. The average Bonchev–Trinajstić information content (AvgIpc) is 2.69. The van der Waals surface area contributed by atoms with Gasteiger partial charge in [0.15, 0.2) is 17.5 Å². The van der Waals surface area contributed by atoms with Gasteiger partial charge in [0, 0.05) is 17.6 Å². The summed E-state index contributed by atoms with van der Waals surface area (Å²) < 4.78 is 83.4. The fourth-order valence-electron chi connectivity index (χ4n) is 4.76. The second-order valence-corrected chi connectivity index (χ2v) is 8.02. The molecule has 162 valence electrons. The normalized spacial score (nSPS) is 27.6. The molecule has 7 heteroatoms. The lowest BCUT2D eigenvalue weighted by Crippen LogP contribution is -2.23. The lowest BCUT2D eigenvalue weighted by molar-refractivity contribution is 0.108. The van der Waals surface area contributed by atoms with E-state index in [0.29, 0.717) is 42.7 Å². The topological polar surface area (TPSA) is 0 Å². The minimum atomic E-state index is -1.54. The first-order valence-electron chi connectivity index (χ1n) is 9.70. The lowest BCUT2D eigenvalue weighted by atomic mass is 9.70. The van der Waals surface area contributed by atoms with E-state index in [1.807, 2.05) is 0 Å². The molecular weight excluding hydrogens is 385 g/mol. The van der Waals surface area contributed by atoms with Gasteiger partial charge in [-0.2, -0.15) is 8.78 Å². The molecule has 1 aromatic carbocycles. The predicted molar refractivity (Wildman–Crippen MR) is 97.8 cm³/mol. The maximum atomic E-state index is 13.7. The van der Waals surface area contributed by atoms with Gasteiger partial charge in [0.25, 0.3) is 6.08 Å². The van der Waals surface area contributed by atoms with Crippen molar-refractivity contribution < 1.29 is 34.0 Å². The van der Waals surface area contributed by atoms with Crippen LogP contribution in [0.5, 0.6) is 0 Å². The second-order valence-electron chi connectivity index (χ2n) is 8.02. The summed E-state index contributed by atoms with van der Waals surface area (Å²) in [4.78, 5) is 0. The molecular formula is C21H29F7. The Kier molecular flexibility index (Phi) is 8.38. The van der Waals surface area contributed by atoms with E-state index < -0.39 is 23.5 Å². The number of halogens is 7. The molecule has 0 spiro atoms. The minimum absolute atomic E-state index is 0. The Morgan fingerprint density at radius 2 is 1.21 bits per heavy atom. The number of allylic oxidation sites excluding steroid dienone is 1. The van der Waals surface area contributed by atoms with Crippen LogP contribution < -0.4 is 0 Å². The van der Waals surface area contributed by atoms with Crippen molar-refractivity contribution in [1.29, 1.82) is 0 Å². The predicted octanol–water partition coefficient (Wildman–Crippen LogP) is 8.69. The molecule has 2 aliphatic carbocycles. The van der Waals surface area contributed by atoms with Crippen LogP contribution in [0.2, 0.25) is 0 Å². The zero-order valence-corrected chi connectivity index (χ0v) is 15.8. The summed E-state index contributed by atoms with van der Waals surface area (Å²) in [5, 5.41) is 0. The van der Waals surface area contributed by atoms with E-state index in [4.69, 9.17) is 9.15 Å². The molecule has 2 saturated carbocycles. The summed E-state index contributed by atoms with van der Waals surface area (Å²) in [7, 11) is 0. The van der Waals surface area contributed by atoms with Gasteiger partial charge in [0.05, 0.1) is 0 Å². The van der Waals surface area contributed by atoms with Crippen LogP contribution in [0.15, 0.2) is 23.8 Å². The molecule has 1 aromatic rings. The van der Waals surface area contributed by atoms with Crippen LogP contribution in [0.3, 0.4) is 0 Å². The van der Waals surface area contributed by atoms with E-state index in [0.717, 1.165) is 37.8 Å². The Balaban J connectivity index is 0.00000204. The van der Waals surface area contributed by atoms with E-state index in [1.54, 1.807) is 0 Å². The maximum absolute atomic E-state index is 13.7. The van der Waals surface area contributed by atoms with Crippen molar-refractivity contribution in [3.63, 3.8) is 0 Å². The average molecular weight is 414 g/mol. The van der Waals surface area contributed by atoms with Crippen molar-refractivity contribution in [2.24, 2.45) is 17.8 Å². The zero-order chi connectivity index (χ0) is 20.8. The summed E-state index contributed by atoms with van der Waals surface area (Å²) in [5.74, 6) is -3.51. The highest BCUT2D eigenvalue weighted by Crippen LogP contribution is 2.45. The molecule has 3 rings (SSSR count). The minimum Gasteiger partial charge on any atom is -0.204 e. The molecule has 0 N–H and O–H groups in total. The fourth-order valence-corrected chi connectivity index (χ4v) is 4.76. The lowest BCUT2D eigenvalue weighted by Gasteiger charge is -2.35. The van der Waals surface area contributed by atoms with Crippen LogP contribution in [0, 0.1) is 35.2 Å². The molecule has 0 bridgehead atoms. The quantitative estimate of drug-likeness (QED) is 0.343. The van der Waals surface area contributed by atoms with Crippen molar-refractivity contribution in [2.75, 3.05) is 0 Å². The summed E-state index contributed by atoms with van der Waals surface area (Å²) in [6, 6.07) is 2.08. The molecule has 0 saturated heterocycles. The molecule has 0 unspecified atom stereocenters. The van der Waals surface area contributed by atoms with Crippen molar-refractivity contribution in [3.8, 4) is 0 Å². The zero-order valence-electron chi connectivity index (χ0n) is 15.8. The van der Waals surface area contributed by atoms with Gasteiger partial charge in [-0.15, -0.1) is 0 Å². The van der Waals surface area contributed by atoms with Gasteiger partial charge in [-0.3, -0.25) is 0 Å². The van der Waals surface area contributed by atoms with Crippen LogP contribution >= 0.6 is 0 Å². The molecule has 0 aliphatic heterocycles. The number of benzene rings is 1. The Morgan fingerprint density at radius 1 is 0.786 bits per heavy atom. The first-order chi connectivity index (χ1) is 13.4. The summed E-state index contributed by atoms with van der Waals surface area (Å²) in [6.07, 6.45) is 4.45. The van der Waals surface area contributed by atoms with Crippen molar-refractivity contribution in [2.45, 2.75) is 64.2 Å². The third-order valence-electron chi connectivity index (χ3n) is 6.32. The Bertz CT molecular complexity index is 653. The molecule has 0 radical (unpaired) electrons. The molecule has 2 aliphatic rings. The van der Waals surface area contributed by atoms with Gasteiger partial charge in [0.2, 0.25) is 0 Å². The highest BCUT2D eigenvalue weighted by Gasteiger charge is 2.33. The van der Waals surface area contributed by atoms with E-state index in [-0.39, 0.29) is 20.6 Å².